The van der Waals surface area contributed by atoms with Crippen molar-refractivity contribution in [1.82, 2.24) is 5.32 Å². The van der Waals surface area contributed by atoms with Gasteiger partial charge in [0, 0.05) is 22.7 Å². The van der Waals surface area contributed by atoms with Gasteiger partial charge in [0.15, 0.2) is 0 Å². The molecule has 0 aliphatic heterocycles. The molecule has 1 aliphatic rings. The summed E-state index contributed by atoms with van der Waals surface area (Å²) in [7, 11) is 0. The second-order valence-electron chi connectivity index (χ2n) is 4.69. The summed E-state index contributed by atoms with van der Waals surface area (Å²) >= 11 is 3.30. The number of nitrogens with one attached hydrogen (secondary N) is 1. The fourth-order valence-electron chi connectivity index (χ4n) is 2.48. The van der Waals surface area contributed by atoms with E-state index in [1.54, 1.807) is 6.07 Å². The molecule has 2 unspecified atom stereocenters. The van der Waals surface area contributed by atoms with Crippen molar-refractivity contribution in [2.24, 2.45) is 0 Å². The Balaban J connectivity index is 1.95. The lowest BCUT2D eigenvalue weighted by molar-refractivity contribution is 0.0702. The van der Waals surface area contributed by atoms with Gasteiger partial charge in [-0.2, -0.15) is 11.8 Å². The summed E-state index contributed by atoms with van der Waals surface area (Å²) < 4.78 is 0. The minimum absolute atomic E-state index is 0.442. The van der Waals surface area contributed by atoms with Crippen LogP contribution < -0.4 is 5.32 Å². The van der Waals surface area contributed by atoms with Gasteiger partial charge in [0.1, 0.15) is 4.88 Å². The normalized spacial score (nSPS) is 23.4. The van der Waals surface area contributed by atoms with Crippen LogP contribution in [0.25, 0.3) is 0 Å². The maximum atomic E-state index is 10.9. The zero-order valence-electron chi connectivity index (χ0n) is 10.7. The van der Waals surface area contributed by atoms with Crippen LogP contribution in [0.3, 0.4) is 0 Å². The summed E-state index contributed by atoms with van der Waals surface area (Å²) in [6.07, 6.45) is 6.00. The van der Waals surface area contributed by atoms with Gasteiger partial charge in [0.2, 0.25) is 0 Å². The van der Waals surface area contributed by atoms with Crippen LogP contribution in [-0.2, 0) is 6.54 Å². The maximum absolute atomic E-state index is 10.9. The van der Waals surface area contributed by atoms with Gasteiger partial charge >= 0.3 is 5.97 Å². The predicted octanol–water partition coefficient (Wildman–Crippen LogP) is 3.13. The van der Waals surface area contributed by atoms with Crippen LogP contribution in [0.2, 0.25) is 0 Å². The fourth-order valence-corrected chi connectivity index (χ4v) is 4.33. The predicted molar refractivity (Wildman–Crippen MR) is 77.8 cm³/mol. The van der Waals surface area contributed by atoms with Crippen LogP contribution in [0.5, 0.6) is 0 Å². The topological polar surface area (TPSA) is 49.3 Å². The monoisotopic (exact) mass is 285 g/mol. The second kappa shape index (κ2) is 6.08. The molecular weight excluding hydrogens is 266 g/mol. The van der Waals surface area contributed by atoms with E-state index in [1.165, 1.54) is 30.6 Å². The summed E-state index contributed by atoms with van der Waals surface area (Å²) in [6.45, 7) is 2.78. The van der Waals surface area contributed by atoms with Crippen molar-refractivity contribution >= 4 is 29.1 Å². The Hall–Kier alpha value is -0.520. The molecular formula is C13H19NO2S2. The molecule has 0 bridgehead atoms. The highest BCUT2D eigenvalue weighted by atomic mass is 32.2. The molecule has 2 atom stereocenters. The number of aromatic carboxylic acids is 1. The molecule has 5 heteroatoms. The van der Waals surface area contributed by atoms with Crippen molar-refractivity contribution in [2.45, 2.75) is 44.0 Å². The lowest BCUT2D eigenvalue weighted by atomic mass is 10.2. The van der Waals surface area contributed by atoms with Crippen LogP contribution >= 0.6 is 23.1 Å². The van der Waals surface area contributed by atoms with Gasteiger partial charge in [-0.15, -0.1) is 11.3 Å². The molecule has 0 saturated heterocycles. The SMILES string of the molecule is CSC1CCCC1NCc1cc(C(=O)O)sc1C. The summed E-state index contributed by atoms with van der Waals surface area (Å²) in [5.41, 5.74) is 1.13. The fraction of sp³-hybridized carbons (Fsp3) is 0.615. The minimum atomic E-state index is -0.822. The second-order valence-corrected chi connectivity index (χ2v) is 7.02. The Bertz CT molecular complexity index is 431. The first-order valence-corrected chi connectivity index (χ1v) is 8.31. The van der Waals surface area contributed by atoms with Crippen molar-refractivity contribution < 1.29 is 9.90 Å². The molecule has 0 amide bonds. The summed E-state index contributed by atoms with van der Waals surface area (Å²) in [5.74, 6) is -0.822. The minimum Gasteiger partial charge on any atom is -0.477 e. The number of aryl methyl sites for hydroxylation is 1. The zero-order valence-corrected chi connectivity index (χ0v) is 12.4. The smallest absolute Gasteiger partial charge is 0.345 e. The summed E-state index contributed by atoms with van der Waals surface area (Å²) in [5, 5.41) is 13.3. The van der Waals surface area contributed by atoms with Crippen molar-refractivity contribution in [3.63, 3.8) is 0 Å². The zero-order chi connectivity index (χ0) is 13.1. The quantitative estimate of drug-likeness (QED) is 0.872. The highest BCUT2D eigenvalue weighted by Gasteiger charge is 2.26. The molecule has 1 heterocycles. The third kappa shape index (κ3) is 3.08. The molecule has 2 N–H and O–H groups in total. The third-order valence-electron chi connectivity index (χ3n) is 3.54. The number of hydrogen-bond acceptors (Lipinski definition) is 4. The molecule has 0 aromatic carbocycles. The van der Waals surface area contributed by atoms with Gasteiger partial charge in [-0.3, -0.25) is 0 Å². The van der Waals surface area contributed by atoms with Crippen LogP contribution in [0.4, 0.5) is 0 Å². The Morgan fingerprint density at radius 2 is 2.39 bits per heavy atom. The van der Waals surface area contributed by atoms with Crippen molar-refractivity contribution in [3.05, 3.63) is 21.4 Å². The number of thioether (sulfide) groups is 1. The first-order chi connectivity index (χ1) is 8.61. The number of carboxylic acid groups (broad SMARTS) is 1. The van der Waals surface area contributed by atoms with Crippen LogP contribution in [-0.4, -0.2) is 28.6 Å². The standard InChI is InChI=1S/C13H19NO2S2/c1-8-9(6-12(18-8)13(15)16)7-14-10-4-3-5-11(10)17-2/h6,10-11,14H,3-5,7H2,1-2H3,(H,15,16). The lowest BCUT2D eigenvalue weighted by Gasteiger charge is -2.19. The number of rotatable bonds is 5. The van der Waals surface area contributed by atoms with Crippen molar-refractivity contribution in [1.29, 1.82) is 0 Å². The van der Waals surface area contributed by atoms with E-state index < -0.39 is 5.97 Å². The van der Waals surface area contributed by atoms with E-state index in [0.717, 1.165) is 17.0 Å². The van der Waals surface area contributed by atoms with E-state index >= 15 is 0 Å². The van der Waals surface area contributed by atoms with Gasteiger partial charge in [0.25, 0.3) is 0 Å². The number of hydrogen-bond donors (Lipinski definition) is 2. The molecule has 1 saturated carbocycles. The highest BCUT2D eigenvalue weighted by molar-refractivity contribution is 7.99. The molecule has 0 spiro atoms. The van der Waals surface area contributed by atoms with Crippen molar-refractivity contribution in [3.8, 4) is 0 Å². The van der Waals surface area contributed by atoms with Crippen molar-refractivity contribution in [2.75, 3.05) is 6.26 Å². The Kier molecular flexibility index (Phi) is 4.70. The highest BCUT2D eigenvalue weighted by Crippen LogP contribution is 2.29. The van der Waals surface area contributed by atoms with E-state index in [4.69, 9.17) is 5.11 Å². The summed E-state index contributed by atoms with van der Waals surface area (Å²) in [4.78, 5) is 12.5. The van der Waals surface area contributed by atoms with Crippen LogP contribution in [0, 0.1) is 6.92 Å². The Morgan fingerprint density at radius 3 is 3.00 bits per heavy atom. The van der Waals surface area contributed by atoms with E-state index in [0.29, 0.717) is 16.2 Å². The molecule has 0 radical (unpaired) electrons. The lowest BCUT2D eigenvalue weighted by Crippen LogP contribution is -2.33. The van der Waals surface area contributed by atoms with Gasteiger partial charge in [-0.05, 0) is 37.7 Å². The van der Waals surface area contributed by atoms with Gasteiger partial charge < -0.3 is 10.4 Å². The summed E-state index contributed by atoms with van der Waals surface area (Å²) in [6, 6.07) is 2.38. The van der Waals surface area contributed by atoms with Crippen LogP contribution in [0.1, 0.15) is 39.4 Å². The van der Waals surface area contributed by atoms with Crippen LogP contribution in [0.15, 0.2) is 6.07 Å². The third-order valence-corrected chi connectivity index (χ3v) is 5.79. The molecule has 1 fully saturated rings. The number of carbonyl (C=O) groups is 1. The Morgan fingerprint density at radius 1 is 1.61 bits per heavy atom. The first-order valence-electron chi connectivity index (χ1n) is 6.20. The van der Waals surface area contributed by atoms with E-state index in [9.17, 15) is 4.79 Å². The van der Waals surface area contributed by atoms with E-state index in [-0.39, 0.29) is 0 Å². The molecule has 100 valence electrons. The molecule has 18 heavy (non-hydrogen) atoms. The van der Waals surface area contributed by atoms with Gasteiger partial charge in [-0.25, -0.2) is 4.79 Å². The van der Waals surface area contributed by atoms with Gasteiger partial charge in [-0.1, -0.05) is 6.42 Å². The molecule has 1 aromatic heterocycles. The molecule has 1 aromatic rings. The maximum Gasteiger partial charge on any atom is 0.345 e. The average Bonchev–Trinajstić information content (AvgIpc) is 2.92. The molecule has 2 rings (SSSR count). The largest absolute Gasteiger partial charge is 0.477 e. The number of thiophene rings is 1. The van der Waals surface area contributed by atoms with E-state index in [2.05, 4.69) is 11.6 Å². The Labute approximate surface area is 116 Å². The number of carboxylic acids is 1. The molecule has 3 nitrogen and oxygen atoms in total. The average molecular weight is 285 g/mol. The van der Waals surface area contributed by atoms with E-state index in [1.807, 2.05) is 18.7 Å². The molecule has 1 aliphatic carbocycles. The van der Waals surface area contributed by atoms with Gasteiger partial charge in [0.05, 0.1) is 0 Å². The first kappa shape index (κ1) is 13.9.